The molecule has 31 heavy (non-hydrogen) atoms. The third-order valence-corrected chi connectivity index (χ3v) is 6.74. The number of likely N-dealkylation sites (tertiary alicyclic amines) is 1. The lowest BCUT2D eigenvalue weighted by Gasteiger charge is -2.47. The van der Waals surface area contributed by atoms with Crippen LogP contribution in [0.1, 0.15) is 54.2 Å². The molecule has 0 unspecified atom stereocenters. The molecular formula is C24H29N5O2. The summed E-state index contributed by atoms with van der Waals surface area (Å²) >= 11 is 0. The summed E-state index contributed by atoms with van der Waals surface area (Å²) in [4.78, 5) is 22.6. The normalized spacial score (nSPS) is 19.9. The van der Waals surface area contributed by atoms with E-state index in [9.17, 15) is 4.79 Å². The van der Waals surface area contributed by atoms with E-state index >= 15 is 0 Å². The van der Waals surface area contributed by atoms with Crippen LogP contribution in [-0.4, -0.2) is 45.1 Å². The van der Waals surface area contributed by atoms with Crippen LogP contribution >= 0.6 is 0 Å². The van der Waals surface area contributed by atoms with Crippen molar-refractivity contribution in [2.24, 2.45) is 5.92 Å². The highest BCUT2D eigenvalue weighted by molar-refractivity contribution is 5.96. The van der Waals surface area contributed by atoms with Gasteiger partial charge in [0.2, 0.25) is 0 Å². The molecule has 0 saturated carbocycles. The van der Waals surface area contributed by atoms with Gasteiger partial charge in [-0.05, 0) is 56.9 Å². The van der Waals surface area contributed by atoms with Gasteiger partial charge in [0.15, 0.2) is 5.82 Å². The number of hydrogen-bond acceptors (Lipinski definition) is 5. The van der Waals surface area contributed by atoms with E-state index in [4.69, 9.17) is 9.51 Å². The predicted molar refractivity (Wildman–Crippen MR) is 119 cm³/mol. The van der Waals surface area contributed by atoms with Crippen molar-refractivity contribution in [3.63, 3.8) is 0 Å². The third-order valence-electron chi connectivity index (χ3n) is 6.74. The molecule has 7 heteroatoms. The Balaban J connectivity index is 1.57. The molecule has 162 valence electrons. The topological polar surface area (TPSA) is 67.4 Å². The predicted octanol–water partition coefficient (Wildman–Crippen LogP) is 4.08. The van der Waals surface area contributed by atoms with Crippen molar-refractivity contribution in [2.75, 3.05) is 24.5 Å². The quantitative estimate of drug-likeness (QED) is 0.637. The lowest BCUT2D eigenvalue weighted by Crippen LogP contribution is -2.53. The summed E-state index contributed by atoms with van der Waals surface area (Å²) in [5, 5.41) is 3.99. The van der Waals surface area contributed by atoms with E-state index in [1.807, 2.05) is 31.0 Å². The second-order valence-electron chi connectivity index (χ2n) is 9.15. The molecule has 5 heterocycles. The number of aryl methyl sites for hydroxylation is 2. The molecule has 1 spiro atoms. The third kappa shape index (κ3) is 2.98. The standard InChI is InChI=1S/C24H29N5O2/c1-16(2)9-13-29-19-7-5-11-25-22(19)28-12-6-8-20(28)24(29)10-14-27(15-24)23(30)21-17(3)26-31-18(21)4/h5-8,11-12,16H,9-10,13-15H2,1-4H3/t24-/m1/s1. The Morgan fingerprint density at radius 2 is 2.10 bits per heavy atom. The Kier molecular flexibility index (Phi) is 4.64. The van der Waals surface area contributed by atoms with Crippen LogP contribution in [0.2, 0.25) is 0 Å². The number of aromatic nitrogens is 3. The Morgan fingerprint density at radius 3 is 2.84 bits per heavy atom. The summed E-state index contributed by atoms with van der Waals surface area (Å²) in [5.41, 5.74) is 3.32. The van der Waals surface area contributed by atoms with E-state index in [0.717, 1.165) is 30.9 Å². The first-order valence-electron chi connectivity index (χ1n) is 11.1. The molecule has 5 rings (SSSR count). The van der Waals surface area contributed by atoms with E-state index in [1.54, 1.807) is 0 Å². The number of carbonyl (C=O) groups is 1. The van der Waals surface area contributed by atoms with E-state index in [2.05, 4.69) is 52.9 Å². The van der Waals surface area contributed by atoms with Gasteiger partial charge in [-0.2, -0.15) is 0 Å². The maximum Gasteiger partial charge on any atom is 0.259 e. The average Bonchev–Trinajstić information content (AvgIpc) is 3.47. The van der Waals surface area contributed by atoms with Crippen molar-refractivity contribution in [1.29, 1.82) is 0 Å². The van der Waals surface area contributed by atoms with Gasteiger partial charge in [-0.25, -0.2) is 4.98 Å². The monoisotopic (exact) mass is 419 g/mol. The van der Waals surface area contributed by atoms with Gasteiger partial charge in [0, 0.05) is 32.0 Å². The van der Waals surface area contributed by atoms with Crippen molar-refractivity contribution in [2.45, 2.75) is 46.1 Å². The molecule has 2 aliphatic rings. The molecule has 1 saturated heterocycles. The first kappa shape index (κ1) is 19.8. The molecule has 3 aromatic heterocycles. The zero-order valence-electron chi connectivity index (χ0n) is 18.6. The van der Waals surface area contributed by atoms with Crippen LogP contribution in [0, 0.1) is 19.8 Å². The van der Waals surface area contributed by atoms with Crippen LogP contribution < -0.4 is 4.90 Å². The van der Waals surface area contributed by atoms with Gasteiger partial charge >= 0.3 is 0 Å². The van der Waals surface area contributed by atoms with E-state index in [1.165, 1.54) is 5.69 Å². The van der Waals surface area contributed by atoms with Gasteiger partial charge in [0.25, 0.3) is 5.91 Å². The number of anilines is 1. The van der Waals surface area contributed by atoms with Crippen LogP contribution in [0.3, 0.4) is 0 Å². The Labute approximate surface area is 182 Å². The van der Waals surface area contributed by atoms with Crippen LogP contribution in [0.25, 0.3) is 5.82 Å². The molecule has 0 N–H and O–H groups in total. The molecule has 1 atom stereocenters. The minimum atomic E-state index is -0.275. The number of hydrogen-bond donors (Lipinski definition) is 0. The highest BCUT2D eigenvalue weighted by Crippen LogP contribution is 2.47. The Hall–Kier alpha value is -3.09. The fourth-order valence-electron chi connectivity index (χ4n) is 5.16. The SMILES string of the molecule is Cc1noc(C)c1C(=O)N1CC[C@@]2(C1)c1cccn1-c1ncccc1N2CCC(C)C. The number of carbonyl (C=O) groups excluding carboxylic acids is 1. The van der Waals surface area contributed by atoms with Crippen LogP contribution in [0.5, 0.6) is 0 Å². The van der Waals surface area contributed by atoms with Gasteiger partial charge in [-0.3, -0.25) is 4.79 Å². The number of fused-ring (bicyclic) bond motifs is 4. The highest BCUT2D eigenvalue weighted by Gasteiger charge is 2.51. The molecule has 0 aliphatic carbocycles. The summed E-state index contributed by atoms with van der Waals surface area (Å²) in [6.45, 7) is 10.4. The number of nitrogens with zero attached hydrogens (tertiary/aromatic N) is 5. The van der Waals surface area contributed by atoms with Gasteiger partial charge < -0.3 is 18.9 Å². The summed E-state index contributed by atoms with van der Waals surface area (Å²) in [6.07, 6.45) is 5.89. The van der Waals surface area contributed by atoms with E-state index < -0.39 is 0 Å². The van der Waals surface area contributed by atoms with Gasteiger partial charge in [0.1, 0.15) is 16.9 Å². The minimum absolute atomic E-state index is 0.00650. The maximum atomic E-state index is 13.4. The van der Waals surface area contributed by atoms with Crippen molar-refractivity contribution in [3.8, 4) is 5.82 Å². The fraction of sp³-hybridized carbons (Fsp3) is 0.458. The minimum Gasteiger partial charge on any atom is -0.361 e. The molecule has 7 nitrogen and oxygen atoms in total. The number of amides is 1. The van der Waals surface area contributed by atoms with Crippen molar-refractivity contribution >= 4 is 11.6 Å². The lowest BCUT2D eigenvalue weighted by molar-refractivity contribution is 0.0779. The Bertz CT molecular complexity index is 1110. The molecular weight excluding hydrogens is 390 g/mol. The summed E-state index contributed by atoms with van der Waals surface area (Å²) < 4.78 is 7.47. The van der Waals surface area contributed by atoms with Crippen molar-refractivity contribution in [3.05, 3.63) is 59.4 Å². The smallest absolute Gasteiger partial charge is 0.259 e. The van der Waals surface area contributed by atoms with Crippen LogP contribution in [-0.2, 0) is 5.54 Å². The lowest BCUT2D eigenvalue weighted by atomic mass is 9.88. The molecule has 1 fully saturated rings. The number of pyridine rings is 1. The highest BCUT2D eigenvalue weighted by atomic mass is 16.5. The van der Waals surface area contributed by atoms with Crippen molar-refractivity contribution < 1.29 is 9.32 Å². The van der Waals surface area contributed by atoms with Gasteiger partial charge in [0.05, 0.1) is 17.1 Å². The molecule has 2 aliphatic heterocycles. The van der Waals surface area contributed by atoms with Crippen LogP contribution in [0.15, 0.2) is 41.2 Å². The zero-order chi connectivity index (χ0) is 21.8. The van der Waals surface area contributed by atoms with Crippen LogP contribution in [0.4, 0.5) is 5.69 Å². The van der Waals surface area contributed by atoms with Gasteiger partial charge in [-0.15, -0.1) is 0 Å². The van der Waals surface area contributed by atoms with E-state index in [-0.39, 0.29) is 11.4 Å². The maximum absolute atomic E-state index is 13.4. The molecule has 0 bridgehead atoms. The molecule has 3 aromatic rings. The summed E-state index contributed by atoms with van der Waals surface area (Å²) in [5.74, 6) is 2.15. The molecule has 0 radical (unpaired) electrons. The average molecular weight is 420 g/mol. The van der Waals surface area contributed by atoms with E-state index in [0.29, 0.717) is 36.0 Å². The first-order valence-corrected chi connectivity index (χ1v) is 11.1. The summed E-state index contributed by atoms with van der Waals surface area (Å²) in [6, 6.07) is 8.43. The zero-order valence-corrected chi connectivity index (χ0v) is 18.6. The second kappa shape index (κ2) is 7.25. The number of rotatable bonds is 4. The summed E-state index contributed by atoms with van der Waals surface area (Å²) in [7, 11) is 0. The Morgan fingerprint density at radius 1 is 1.26 bits per heavy atom. The fourth-order valence-corrected chi connectivity index (χ4v) is 5.16. The largest absolute Gasteiger partial charge is 0.361 e. The van der Waals surface area contributed by atoms with Crippen molar-refractivity contribution in [1.82, 2.24) is 19.6 Å². The second-order valence-corrected chi connectivity index (χ2v) is 9.15. The molecule has 0 aromatic carbocycles. The molecule has 1 amide bonds. The first-order chi connectivity index (χ1) is 14.9. The van der Waals surface area contributed by atoms with Gasteiger partial charge in [-0.1, -0.05) is 19.0 Å².